The van der Waals surface area contributed by atoms with Crippen molar-refractivity contribution >= 4 is 34.2 Å². The summed E-state index contributed by atoms with van der Waals surface area (Å²) >= 11 is 6.64. The minimum absolute atomic E-state index is 0.107. The Morgan fingerprint density at radius 3 is 2.41 bits per heavy atom. The summed E-state index contributed by atoms with van der Waals surface area (Å²) in [5, 5.41) is 2.57. The Morgan fingerprint density at radius 1 is 1.22 bits per heavy atom. The summed E-state index contributed by atoms with van der Waals surface area (Å²) in [5.41, 5.74) is 0.930. The number of fused-ring (bicyclic) bond motifs is 1. The molecule has 1 aromatic heterocycles. The van der Waals surface area contributed by atoms with Crippen molar-refractivity contribution in [3.63, 3.8) is 0 Å². The highest BCUT2D eigenvalue weighted by Crippen LogP contribution is 2.44. The molecule has 0 atom stereocenters. The third-order valence-electron chi connectivity index (χ3n) is 6.61. The molecule has 1 saturated carbocycles. The second kappa shape index (κ2) is 10.6. The van der Waals surface area contributed by atoms with Crippen LogP contribution in [0.5, 0.6) is 5.75 Å². The van der Waals surface area contributed by atoms with Gasteiger partial charge >= 0.3 is 5.97 Å². The predicted octanol–water partition coefficient (Wildman–Crippen LogP) is 5.03. The zero-order chi connectivity index (χ0) is 27.1. The summed E-state index contributed by atoms with van der Waals surface area (Å²) in [6.45, 7) is 7.50. The van der Waals surface area contributed by atoms with Gasteiger partial charge in [-0.25, -0.2) is 9.18 Å². The number of esters is 1. The maximum Gasteiger partial charge on any atom is 0.343 e. The SMILES string of the molecule is COC(=O)c1cn(C2CC2)c2c(OC)c(N3CCC(=C(Cl)CN(C)OC(C)(C)C)CC3)c(F)cc2c1=O. The second-order valence-electron chi connectivity index (χ2n) is 10.6. The maximum atomic E-state index is 15.6. The molecular formula is C27H35ClFN3O5. The number of halogens is 2. The number of hydrogen-bond acceptors (Lipinski definition) is 7. The molecule has 37 heavy (non-hydrogen) atoms. The monoisotopic (exact) mass is 535 g/mol. The average Bonchev–Trinajstić information content (AvgIpc) is 3.67. The van der Waals surface area contributed by atoms with Gasteiger partial charge in [-0.1, -0.05) is 17.2 Å². The number of piperidine rings is 1. The van der Waals surface area contributed by atoms with Crippen LogP contribution in [0, 0.1) is 5.82 Å². The summed E-state index contributed by atoms with van der Waals surface area (Å²) in [7, 11) is 4.55. The lowest BCUT2D eigenvalue weighted by Crippen LogP contribution is -2.34. The molecule has 2 aromatic rings. The van der Waals surface area contributed by atoms with Crippen LogP contribution in [0.25, 0.3) is 10.9 Å². The molecule has 1 aromatic carbocycles. The molecule has 2 aliphatic rings. The van der Waals surface area contributed by atoms with Crippen molar-refractivity contribution < 1.29 is 23.5 Å². The van der Waals surface area contributed by atoms with Gasteiger partial charge in [0.2, 0.25) is 5.43 Å². The fraction of sp³-hybridized carbons (Fsp3) is 0.556. The van der Waals surface area contributed by atoms with Gasteiger partial charge in [-0.3, -0.25) is 9.63 Å². The third-order valence-corrected chi connectivity index (χ3v) is 6.99. The number of ether oxygens (including phenoxy) is 2. The molecule has 0 unspecified atom stereocenters. The number of methoxy groups -OCH3 is 2. The molecule has 8 nitrogen and oxygen atoms in total. The van der Waals surface area contributed by atoms with E-state index in [1.165, 1.54) is 26.5 Å². The van der Waals surface area contributed by atoms with Crippen molar-refractivity contribution in [3.8, 4) is 5.75 Å². The highest BCUT2D eigenvalue weighted by molar-refractivity contribution is 6.30. The minimum Gasteiger partial charge on any atom is -0.492 e. The van der Waals surface area contributed by atoms with Crippen molar-refractivity contribution in [1.82, 2.24) is 9.63 Å². The van der Waals surface area contributed by atoms with Crippen LogP contribution in [0.1, 0.15) is 62.9 Å². The zero-order valence-corrected chi connectivity index (χ0v) is 23.1. The van der Waals surface area contributed by atoms with E-state index in [4.69, 9.17) is 25.9 Å². The molecule has 202 valence electrons. The Bertz CT molecular complexity index is 1290. The van der Waals surface area contributed by atoms with Gasteiger partial charge in [-0.05, 0) is 52.5 Å². The minimum atomic E-state index is -0.740. The van der Waals surface area contributed by atoms with Gasteiger partial charge in [0.1, 0.15) is 11.3 Å². The Balaban J connectivity index is 1.68. The number of carbonyl (C=O) groups excluding carboxylic acids is 1. The van der Waals surface area contributed by atoms with Gasteiger partial charge in [0.05, 0.1) is 37.3 Å². The van der Waals surface area contributed by atoms with E-state index in [0.29, 0.717) is 49.4 Å². The summed E-state index contributed by atoms with van der Waals surface area (Å²) in [6, 6.07) is 1.33. The van der Waals surface area contributed by atoms with E-state index >= 15 is 4.39 Å². The van der Waals surface area contributed by atoms with Crippen LogP contribution in [0.15, 0.2) is 27.7 Å². The highest BCUT2D eigenvalue weighted by Gasteiger charge is 2.32. The van der Waals surface area contributed by atoms with Crippen LogP contribution in [-0.2, 0) is 9.57 Å². The molecule has 2 heterocycles. The molecule has 4 rings (SSSR count). The van der Waals surface area contributed by atoms with Gasteiger partial charge < -0.3 is 18.9 Å². The Labute approximate surface area is 221 Å². The summed E-state index contributed by atoms with van der Waals surface area (Å²) < 4.78 is 28.0. The molecule has 0 radical (unpaired) electrons. The summed E-state index contributed by atoms with van der Waals surface area (Å²) in [4.78, 5) is 33.2. The molecule has 0 spiro atoms. The topological polar surface area (TPSA) is 73.2 Å². The molecule has 1 aliphatic carbocycles. The van der Waals surface area contributed by atoms with Crippen LogP contribution in [-0.4, -0.2) is 62.1 Å². The zero-order valence-electron chi connectivity index (χ0n) is 22.3. The van der Waals surface area contributed by atoms with Crippen LogP contribution < -0.4 is 15.1 Å². The lowest BCUT2D eigenvalue weighted by atomic mass is 10.0. The van der Waals surface area contributed by atoms with Crippen LogP contribution >= 0.6 is 11.6 Å². The van der Waals surface area contributed by atoms with E-state index < -0.39 is 17.2 Å². The first kappa shape index (κ1) is 27.4. The van der Waals surface area contributed by atoms with E-state index in [-0.39, 0.29) is 22.6 Å². The number of pyridine rings is 1. The van der Waals surface area contributed by atoms with Gasteiger partial charge in [-0.2, -0.15) is 5.06 Å². The molecule has 0 N–H and O–H groups in total. The van der Waals surface area contributed by atoms with Gasteiger partial charge in [0.25, 0.3) is 0 Å². The van der Waals surface area contributed by atoms with E-state index in [2.05, 4.69) is 0 Å². The van der Waals surface area contributed by atoms with Gasteiger partial charge in [0.15, 0.2) is 11.6 Å². The molecule has 10 heteroatoms. The maximum absolute atomic E-state index is 15.6. The predicted molar refractivity (Wildman–Crippen MR) is 142 cm³/mol. The van der Waals surface area contributed by atoms with E-state index in [0.717, 1.165) is 23.4 Å². The van der Waals surface area contributed by atoms with Crippen molar-refractivity contribution in [2.24, 2.45) is 0 Å². The first-order valence-electron chi connectivity index (χ1n) is 12.5. The number of hydrogen-bond donors (Lipinski definition) is 0. The van der Waals surface area contributed by atoms with Crippen LogP contribution in [0.3, 0.4) is 0 Å². The number of benzene rings is 1. The van der Waals surface area contributed by atoms with E-state index in [1.807, 2.05) is 37.3 Å². The third kappa shape index (κ3) is 5.78. The van der Waals surface area contributed by atoms with E-state index in [1.54, 1.807) is 5.06 Å². The first-order chi connectivity index (χ1) is 17.4. The Hall–Kier alpha value is -2.62. The molecular weight excluding hydrogens is 501 g/mol. The fourth-order valence-corrected chi connectivity index (χ4v) is 5.26. The number of aromatic nitrogens is 1. The number of rotatable bonds is 7. The first-order valence-corrected chi connectivity index (χ1v) is 12.9. The Morgan fingerprint density at radius 2 is 1.86 bits per heavy atom. The van der Waals surface area contributed by atoms with Crippen LogP contribution in [0.2, 0.25) is 0 Å². The number of likely N-dealkylation sites (N-methyl/N-ethyl adjacent to an activating group) is 1. The lowest BCUT2D eigenvalue weighted by molar-refractivity contribution is -0.208. The van der Waals surface area contributed by atoms with E-state index in [9.17, 15) is 9.59 Å². The molecule has 0 bridgehead atoms. The molecule has 2 fully saturated rings. The number of anilines is 1. The summed E-state index contributed by atoms with van der Waals surface area (Å²) in [6.07, 6.45) is 4.65. The molecule has 0 amide bonds. The normalized spacial score (nSPS) is 16.5. The van der Waals surface area contributed by atoms with Crippen LogP contribution in [0.4, 0.5) is 10.1 Å². The van der Waals surface area contributed by atoms with Crippen molar-refractivity contribution in [2.75, 3.05) is 45.8 Å². The standard InChI is InChI=1S/C27H35ClFN3O5/c1-27(2,3)37-30(4)15-20(28)16-9-11-31(12-10-16)23-21(29)13-18-22(25(23)35-5)32(17-7-8-17)14-19(24(18)33)26(34)36-6/h13-14,17H,7-12,15H2,1-6H3. The highest BCUT2D eigenvalue weighted by atomic mass is 35.5. The fourth-order valence-electron chi connectivity index (χ4n) is 4.91. The number of hydroxylamine groups is 2. The summed E-state index contributed by atoms with van der Waals surface area (Å²) in [5.74, 6) is -1.01. The second-order valence-corrected chi connectivity index (χ2v) is 11.1. The van der Waals surface area contributed by atoms with Gasteiger partial charge in [0, 0.05) is 37.4 Å². The van der Waals surface area contributed by atoms with Crippen molar-refractivity contribution in [3.05, 3.63) is 44.5 Å². The van der Waals surface area contributed by atoms with Crippen molar-refractivity contribution in [1.29, 1.82) is 0 Å². The average molecular weight is 536 g/mol. The molecule has 1 saturated heterocycles. The number of nitrogens with zero attached hydrogens (tertiary/aromatic N) is 3. The van der Waals surface area contributed by atoms with Gasteiger partial charge in [-0.15, -0.1) is 0 Å². The smallest absolute Gasteiger partial charge is 0.343 e. The lowest BCUT2D eigenvalue weighted by Gasteiger charge is -2.33. The quantitative estimate of drug-likeness (QED) is 0.364. The Kier molecular flexibility index (Phi) is 7.88. The molecule has 1 aliphatic heterocycles. The largest absolute Gasteiger partial charge is 0.492 e. The van der Waals surface area contributed by atoms with Crippen molar-refractivity contribution in [2.45, 2.75) is 58.1 Å². The number of carbonyl (C=O) groups is 1.